The van der Waals surface area contributed by atoms with E-state index in [-0.39, 0.29) is 0 Å². The van der Waals surface area contributed by atoms with Crippen LogP contribution in [0, 0.1) is 17.3 Å². The van der Waals surface area contributed by atoms with Crippen molar-refractivity contribution in [3.63, 3.8) is 0 Å². The second kappa shape index (κ2) is 6.10. The summed E-state index contributed by atoms with van der Waals surface area (Å²) in [6.45, 7) is 9.46. The molecule has 0 bridgehead atoms. The number of aromatic nitrogens is 5. The number of allylic oxidation sites excluding steroid dienone is 1. The highest BCUT2D eigenvalue weighted by Gasteiger charge is 2.38. The van der Waals surface area contributed by atoms with Gasteiger partial charge in [0.25, 0.3) is 0 Å². The maximum Gasteiger partial charge on any atom is 0.213 e. The second-order valence-corrected chi connectivity index (χ2v) is 7.65. The molecule has 2 aliphatic heterocycles. The molecule has 1 spiro atoms. The smallest absolute Gasteiger partial charge is 0.213 e. The normalized spacial score (nSPS) is 18.9. The molecule has 3 aromatic rings. The van der Waals surface area contributed by atoms with Gasteiger partial charge in [-0.15, -0.1) is 0 Å². The third-order valence-corrected chi connectivity index (χ3v) is 5.73. The summed E-state index contributed by atoms with van der Waals surface area (Å²) in [6, 6.07) is 0. The lowest BCUT2D eigenvalue weighted by Crippen LogP contribution is -2.41. The highest BCUT2D eigenvalue weighted by Crippen LogP contribution is 2.40. The SMILES string of the molecule is C=C(C)C#Cc1n[nH]c2nc(N3CCC4(CCOC4)CC3)n3ccnc3c12. The lowest BCUT2D eigenvalue weighted by molar-refractivity contribution is 0.133. The molecule has 5 heterocycles. The third-order valence-electron chi connectivity index (χ3n) is 5.73. The van der Waals surface area contributed by atoms with Gasteiger partial charge in [-0.25, -0.2) is 4.98 Å². The number of hydrogen-bond donors (Lipinski definition) is 1. The average molecular weight is 362 g/mol. The largest absolute Gasteiger partial charge is 0.381 e. The fraction of sp³-hybridized carbons (Fsp3) is 0.450. The van der Waals surface area contributed by atoms with Crippen LogP contribution in [0.25, 0.3) is 16.7 Å². The molecule has 1 N–H and O–H groups in total. The Balaban J connectivity index is 1.55. The van der Waals surface area contributed by atoms with Crippen molar-refractivity contribution in [2.45, 2.75) is 26.2 Å². The molecule has 0 unspecified atom stereocenters. The van der Waals surface area contributed by atoms with Crippen LogP contribution >= 0.6 is 0 Å². The number of H-pyrrole nitrogens is 1. The van der Waals surface area contributed by atoms with Gasteiger partial charge < -0.3 is 9.64 Å². The lowest BCUT2D eigenvalue weighted by Gasteiger charge is -2.38. The van der Waals surface area contributed by atoms with Gasteiger partial charge in [0.1, 0.15) is 5.69 Å². The Bertz CT molecular complexity index is 1080. The molecule has 0 aromatic carbocycles. The average Bonchev–Trinajstić information content (AvgIpc) is 3.39. The fourth-order valence-electron chi connectivity index (χ4n) is 4.13. The van der Waals surface area contributed by atoms with Crippen molar-refractivity contribution in [3.8, 4) is 11.8 Å². The minimum Gasteiger partial charge on any atom is -0.381 e. The molecule has 2 fully saturated rings. The quantitative estimate of drug-likeness (QED) is 0.674. The van der Waals surface area contributed by atoms with Gasteiger partial charge in [-0.1, -0.05) is 12.5 Å². The van der Waals surface area contributed by atoms with Gasteiger partial charge >= 0.3 is 0 Å². The summed E-state index contributed by atoms with van der Waals surface area (Å²) >= 11 is 0. The lowest BCUT2D eigenvalue weighted by atomic mass is 9.78. The molecule has 0 saturated carbocycles. The van der Waals surface area contributed by atoms with Gasteiger partial charge in [0.05, 0.1) is 12.0 Å². The van der Waals surface area contributed by atoms with Crippen LogP contribution in [0.2, 0.25) is 0 Å². The second-order valence-electron chi connectivity index (χ2n) is 7.65. The molecule has 138 valence electrons. The number of ether oxygens (including phenoxy) is 1. The van der Waals surface area contributed by atoms with Gasteiger partial charge in [0.15, 0.2) is 11.3 Å². The standard InChI is InChI=1S/C20H22N6O/c1-14(2)3-4-15-16-17(24-23-15)22-19(26-11-8-21-18(16)26)25-9-5-20(6-10-25)7-12-27-13-20/h8,11H,1,5-7,9-10,12-13H2,2H3,(H,23,24). The van der Waals surface area contributed by atoms with Crippen molar-refractivity contribution >= 4 is 22.6 Å². The first-order valence-electron chi connectivity index (χ1n) is 9.37. The van der Waals surface area contributed by atoms with Crippen molar-refractivity contribution in [3.05, 3.63) is 30.2 Å². The number of hydrogen-bond acceptors (Lipinski definition) is 5. The monoisotopic (exact) mass is 362 g/mol. The first kappa shape index (κ1) is 16.3. The van der Waals surface area contributed by atoms with Crippen LogP contribution < -0.4 is 4.90 Å². The molecular formula is C20H22N6O. The number of nitrogens with one attached hydrogen (secondary N) is 1. The summed E-state index contributed by atoms with van der Waals surface area (Å²) in [4.78, 5) is 11.8. The van der Waals surface area contributed by atoms with Crippen LogP contribution in [0.4, 0.5) is 5.95 Å². The Kier molecular flexibility index (Phi) is 3.69. The molecule has 27 heavy (non-hydrogen) atoms. The van der Waals surface area contributed by atoms with Crippen molar-refractivity contribution < 1.29 is 4.74 Å². The number of piperidine rings is 1. The van der Waals surface area contributed by atoms with Gasteiger partial charge in [-0.2, -0.15) is 10.1 Å². The van der Waals surface area contributed by atoms with Crippen LogP contribution in [-0.4, -0.2) is 50.9 Å². The van der Waals surface area contributed by atoms with Crippen LogP contribution in [-0.2, 0) is 4.74 Å². The van der Waals surface area contributed by atoms with E-state index in [4.69, 9.17) is 9.72 Å². The third kappa shape index (κ3) is 2.68. The summed E-state index contributed by atoms with van der Waals surface area (Å²) in [5, 5.41) is 8.24. The van der Waals surface area contributed by atoms with Crippen LogP contribution in [0.1, 0.15) is 31.9 Å². The number of imidazole rings is 1. The summed E-state index contributed by atoms with van der Waals surface area (Å²) in [7, 11) is 0. The van der Waals surface area contributed by atoms with E-state index in [1.807, 2.05) is 17.5 Å². The molecule has 0 radical (unpaired) electrons. The molecule has 7 nitrogen and oxygen atoms in total. The van der Waals surface area contributed by atoms with E-state index in [1.54, 1.807) is 6.20 Å². The van der Waals surface area contributed by atoms with E-state index in [0.717, 1.165) is 67.3 Å². The minimum absolute atomic E-state index is 0.369. The minimum atomic E-state index is 0.369. The summed E-state index contributed by atoms with van der Waals surface area (Å²) in [5.41, 5.74) is 3.38. The predicted molar refractivity (Wildman–Crippen MR) is 104 cm³/mol. The van der Waals surface area contributed by atoms with Crippen molar-refractivity contribution in [1.29, 1.82) is 0 Å². The van der Waals surface area contributed by atoms with E-state index >= 15 is 0 Å². The Hall–Kier alpha value is -2.85. The summed E-state index contributed by atoms with van der Waals surface area (Å²) in [6.07, 6.45) is 7.23. The highest BCUT2D eigenvalue weighted by atomic mass is 16.5. The first-order valence-corrected chi connectivity index (χ1v) is 9.37. The van der Waals surface area contributed by atoms with Gasteiger partial charge in [-0.05, 0) is 43.1 Å². The molecule has 0 aliphatic carbocycles. The van der Waals surface area contributed by atoms with E-state index in [2.05, 4.69) is 38.5 Å². The summed E-state index contributed by atoms with van der Waals surface area (Å²) in [5.74, 6) is 6.97. The van der Waals surface area contributed by atoms with Crippen LogP contribution in [0.5, 0.6) is 0 Å². The van der Waals surface area contributed by atoms with Crippen LogP contribution in [0.3, 0.4) is 0 Å². The van der Waals surface area contributed by atoms with Gasteiger partial charge in [0, 0.05) is 32.1 Å². The number of aromatic amines is 1. The highest BCUT2D eigenvalue weighted by molar-refractivity contribution is 5.94. The predicted octanol–water partition coefficient (Wildman–Crippen LogP) is 2.54. The van der Waals surface area contributed by atoms with E-state index in [0.29, 0.717) is 11.1 Å². The van der Waals surface area contributed by atoms with Gasteiger partial charge in [-0.3, -0.25) is 9.50 Å². The zero-order valence-electron chi connectivity index (χ0n) is 15.5. The van der Waals surface area contributed by atoms with E-state index < -0.39 is 0 Å². The molecule has 5 rings (SSSR count). The topological polar surface area (TPSA) is 71.3 Å². The Morgan fingerprint density at radius 3 is 2.93 bits per heavy atom. The molecule has 2 aliphatic rings. The Labute approximate surface area is 157 Å². The molecule has 0 atom stereocenters. The molecule has 2 saturated heterocycles. The van der Waals surface area contributed by atoms with E-state index in [9.17, 15) is 0 Å². The zero-order chi connectivity index (χ0) is 18.4. The van der Waals surface area contributed by atoms with E-state index in [1.165, 1.54) is 6.42 Å². The number of rotatable bonds is 1. The summed E-state index contributed by atoms with van der Waals surface area (Å²) < 4.78 is 7.70. The Morgan fingerprint density at radius 2 is 2.19 bits per heavy atom. The molecule has 0 amide bonds. The maximum absolute atomic E-state index is 5.66. The van der Waals surface area contributed by atoms with Crippen molar-refractivity contribution in [1.82, 2.24) is 24.6 Å². The Morgan fingerprint density at radius 1 is 1.33 bits per heavy atom. The van der Waals surface area contributed by atoms with Gasteiger partial charge in [0.2, 0.25) is 5.95 Å². The van der Waals surface area contributed by atoms with Crippen molar-refractivity contribution in [2.24, 2.45) is 5.41 Å². The molecular weight excluding hydrogens is 340 g/mol. The number of fused-ring (bicyclic) bond motifs is 3. The maximum atomic E-state index is 5.66. The molecule has 3 aromatic heterocycles. The van der Waals surface area contributed by atoms with Crippen LogP contribution in [0.15, 0.2) is 24.5 Å². The molecule has 7 heteroatoms. The first-order chi connectivity index (χ1) is 13.2. The fourth-order valence-corrected chi connectivity index (χ4v) is 4.13. The number of nitrogens with zero attached hydrogens (tertiary/aromatic N) is 5. The number of anilines is 1. The van der Waals surface area contributed by atoms with Crippen molar-refractivity contribution in [2.75, 3.05) is 31.2 Å². The zero-order valence-corrected chi connectivity index (χ0v) is 15.5.